The average molecular weight is 693 g/mol. The van der Waals surface area contributed by atoms with Crippen molar-refractivity contribution < 1.29 is 24.5 Å². The van der Waals surface area contributed by atoms with Crippen LogP contribution in [0.4, 0.5) is 5.69 Å². The molecule has 5 aliphatic rings. The van der Waals surface area contributed by atoms with Gasteiger partial charge in [-0.25, -0.2) is 4.79 Å². The van der Waals surface area contributed by atoms with E-state index in [1.807, 2.05) is 30.3 Å². The molecule has 8 heteroatoms. The maximum absolute atomic E-state index is 13.3. The molecule has 0 aliphatic heterocycles. The van der Waals surface area contributed by atoms with Gasteiger partial charge in [-0.15, -0.1) is 12.4 Å². The Bertz CT molecular complexity index is 1670. The fraction of sp³-hybridized carbons (Fsp3) is 0.659. The average Bonchev–Trinajstić information content (AvgIpc) is 3.33. The van der Waals surface area contributed by atoms with Crippen LogP contribution in [0.1, 0.15) is 120 Å². The molecule has 0 spiro atoms. The number of hydrogen-bond donors (Lipinski definition) is 2. The molecule has 4 fully saturated rings. The van der Waals surface area contributed by atoms with Crippen LogP contribution in [0.5, 0.6) is 0 Å². The summed E-state index contributed by atoms with van der Waals surface area (Å²) in [5, 5.41) is 13.2. The molecule has 0 unspecified atom stereocenters. The lowest BCUT2D eigenvalue weighted by Gasteiger charge is -2.71. The number of ketones is 1. The minimum Gasteiger partial charge on any atom is -0.325 e. The molecule has 0 radical (unpaired) electrons. The van der Waals surface area contributed by atoms with Crippen molar-refractivity contribution in [3.05, 3.63) is 47.7 Å². The minimum absolute atomic E-state index is 0. The van der Waals surface area contributed by atoms with Gasteiger partial charge in [0, 0.05) is 18.7 Å². The maximum Gasteiger partial charge on any atom is 0.352 e. The number of anilines is 1. The Morgan fingerprint density at radius 3 is 2.33 bits per heavy atom. The topological polar surface area (TPSA) is 106 Å². The first kappa shape index (κ1) is 37.5. The predicted molar refractivity (Wildman–Crippen MR) is 196 cm³/mol. The minimum atomic E-state index is -0.952. The van der Waals surface area contributed by atoms with E-state index in [0.717, 1.165) is 46.5 Å². The summed E-state index contributed by atoms with van der Waals surface area (Å²) in [7, 11) is 0. The Morgan fingerprint density at radius 1 is 0.939 bits per heavy atom. The SMILES string of the molecule is CC(=O)Nc1cnc2ccccc2c1.CC(C)C1=C2[C@H]3CC[C@@H]4[C@@]5(C)CCCC(C)(C)[C@@H]5CC[C@@]4(C)[C@]3(C)CC[C@@]2(C(=O)OO)CC1=O.Cl. The largest absolute Gasteiger partial charge is 0.352 e. The fourth-order valence-corrected chi connectivity index (χ4v) is 12.4. The fourth-order valence-electron chi connectivity index (χ4n) is 12.4. The van der Waals surface area contributed by atoms with Crippen LogP contribution < -0.4 is 5.32 Å². The Kier molecular flexibility index (Phi) is 10.0. The number of allylic oxidation sites excluding steroid dienone is 1. The molecule has 7 atom stereocenters. The molecular formula is C41H57ClN2O5. The van der Waals surface area contributed by atoms with Gasteiger partial charge in [0.15, 0.2) is 5.78 Å². The van der Waals surface area contributed by atoms with Gasteiger partial charge in [-0.3, -0.25) is 14.6 Å². The molecule has 268 valence electrons. The van der Waals surface area contributed by atoms with Crippen molar-refractivity contribution in [2.45, 2.75) is 120 Å². The van der Waals surface area contributed by atoms with E-state index in [2.05, 4.69) is 63.7 Å². The summed E-state index contributed by atoms with van der Waals surface area (Å²) < 4.78 is 0. The molecule has 2 N–H and O–H groups in total. The number of Topliss-reactive ketones (excluding diaryl/α,β-unsaturated/α-hetero) is 1. The van der Waals surface area contributed by atoms with Crippen LogP contribution in [-0.4, -0.2) is 27.9 Å². The molecular weight excluding hydrogens is 636 g/mol. The molecule has 5 aliphatic carbocycles. The molecule has 2 aromatic rings. The Morgan fingerprint density at radius 2 is 1.65 bits per heavy atom. The molecule has 0 bridgehead atoms. The highest BCUT2D eigenvalue weighted by Crippen LogP contribution is 2.76. The molecule has 7 rings (SSSR count). The van der Waals surface area contributed by atoms with Crippen LogP contribution >= 0.6 is 12.4 Å². The molecule has 49 heavy (non-hydrogen) atoms. The van der Waals surface area contributed by atoms with Crippen LogP contribution in [0.2, 0.25) is 0 Å². The van der Waals surface area contributed by atoms with Crippen molar-refractivity contribution in [1.29, 1.82) is 0 Å². The van der Waals surface area contributed by atoms with Gasteiger partial charge in [-0.05, 0) is 120 Å². The van der Waals surface area contributed by atoms with Gasteiger partial charge in [0.1, 0.15) is 5.41 Å². The second kappa shape index (κ2) is 13.1. The first-order valence-corrected chi connectivity index (χ1v) is 18.3. The summed E-state index contributed by atoms with van der Waals surface area (Å²) in [6.07, 6.45) is 12.1. The first-order valence-electron chi connectivity index (χ1n) is 18.3. The molecule has 1 aromatic heterocycles. The van der Waals surface area contributed by atoms with Crippen molar-refractivity contribution in [3.8, 4) is 0 Å². The number of carbonyl (C=O) groups excluding carboxylic acids is 3. The molecule has 1 aromatic carbocycles. The summed E-state index contributed by atoms with van der Waals surface area (Å²) in [5.74, 6) is 1.15. The molecule has 4 saturated carbocycles. The van der Waals surface area contributed by atoms with Gasteiger partial charge in [-0.1, -0.05) is 73.1 Å². The zero-order valence-electron chi connectivity index (χ0n) is 30.8. The third-order valence-electron chi connectivity index (χ3n) is 14.6. The van der Waals surface area contributed by atoms with E-state index >= 15 is 0 Å². The summed E-state index contributed by atoms with van der Waals surface area (Å²) >= 11 is 0. The van der Waals surface area contributed by atoms with E-state index in [4.69, 9.17) is 0 Å². The smallest absolute Gasteiger partial charge is 0.325 e. The van der Waals surface area contributed by atoms with E-state index in [1.54, 1.807) is 6.20 Å². The van der Waals surface area contributed by atoms with Crippen LogP contribution in [0.25, 0.3) is 10.9 Å². The van der Waals surface area contributed by atoms with Crippen molar-refractivity contribution in [3.63, 3.8) is 0 Å². The summed E-state index contributed by atoms with van der Waals surface area (Å²) in [6, 6.07) is 9.69. The summed E-state index contributed by atoms with van der Waals surface area (Å²) in [5.41, 5.74) is 3.63. The number of fused-ring (bicyclic) bond motifs is 8. The Labute approximate surface area is 298 Å². The third kappa shape index (κ3) is 5.75. The van der Waals surface area contributed by atoms with Gasteiger partial charge in [0.05, 0.1) is 17.4 Å². The van der Waals surface area contributed by atoms with Crippen molar-refractivity contribution >= 4 is 46.7 Å². The highest BCUT2D eigenvalue weighted by atomic mass is 35.5. The molecule has 1 heterocycles. The zero-order valence-corrected chi connectivity index (χ0v) is 31.6. The van der Waals surface area contributed by atoms with Crippen molar-refractivity contribution in [2.24, 2.45) is 50.7 Å². The maximum atomic E-state index is 13.3. The lowest BCUT2D eigenvalue weighted by molar-refractivity contribution is -0.250. The predicted octanol–water partition coefficient (Wildman–Crippen LogP) is 9.99. The van der Waals surface area contributed by atoms with E-state index in [0.29, 0.717) is 23.2 Å². The van der Waals surface area contributed by atoms with Crippen molar-refractivity contribution in [1.82, 2.24) is 4.98 Å². The number of nitrogens with zero attached hydrogens (tertiary/aromatic N) is 1. The number of carbonyl (C=O) groups is 3. The van der Waals surface area contributed by atoms with Gasteiger partial charge >= 0.3 is 5.97 Å². The molecule has 7 nitrogen and oxygen atoms in total. The van der Waals surface area contributed by atoms with E-state index in [-0.39, 0.29) is 53.2 Å². The van der Waals surface area contributed by atoms with E-state index in [9.17, 15) is 19.6 Å². The summed E-state index contributed by atoms with van der Waals surface area (Å²) in [4.78, 5) is 45.8. The van der Waals surface area contributed by atoms with Gasteiger partial charge in [0.2, 0.25) is 5.91 Å². The number of aromatic nitrogens is 1. The van der Waals surface area contributed by atoms with Gasteiger partial charge in [0.25, 0.3) is 0 Å². The second-order valence-electron chi connectivity index (χ2n) is 17.6. The first-order chi connectivity index (χ1) is 22.5. The lowest BCUT2D eigenvalue weighted by atomic mass is 9.33. The number of nitrogens with one attached hydrogen (secondary N) is 1. The zero-order chi connectivity index (χ0) is 34.9. The highest BCUT2D eigenvalue weighted by molar-refractivity contribution is 6.05. The Hall–Kier alpha value is -2.77. The number of benzene rings is 1. The third-order valence-corrected chi connectivity index (χ3v) is 14.6. The summed E-state index contributed by atoms with van der Waals surface area (Å²) in [6.45, 7) is 18.3. The lowest BCUT2D eigenvalue weighted by Crippen LogP contribution is -2.64. The van der Waals surface area contributed by atoms with Gasteiger partial charge in [-0.2, -0.15) is 5.26 Å². The monoisotopic (exact) mass is 692 g/mol. The second-order valence-corrected chi connectivity index (χ2v) is 17.6. The normalized spacial score (nSPS) is 35.9. The van der Waals surface area contributed by atoms with E-state index < -0.39 is 11.4 Å². The number of para-hydroxylation sites is 1. The Balaban J connectivity index is 0.000000262. The standard InChI is InChI=1S/C30H46O4.C11H10N2O.ClH/c1-18(2)23-20(31)17-30(25(32)34-33)16-15-28(6)19(24(23)30)9-10-22-27(5)13-8-12-26(3,4)21(27)11-14-29(22,28)7;1-8(14)13-10-6-9-4-2-3-5-11(9)12-7-10;/h18-19,21-22,33H,8-17H2,1-7H3;2-7H,1H3,(H,13,14);1H/t19-,21+,22-,27+,28-,29-,30-;;/m1../s1. The van der Waals surface area contributed by atoms with Crippen LogP contribution in [0.15, 0.2) is 47.7 Å². The van der Waals surface area contributed by atoms with Crippen LogP contribution in [0.3, 0.4) is 0 Å². The highest BCUT2D eigenvalue weighted by Gasteiger charge is 2.70. The number of pyridine rings is 1. The number of hydrogen-bond acceptors (Lipinski definition) is 6. The number of halogens is 1. The number of amides is 1. The quantitative estimate of drug-likeness (QED) is 0.245. The van der Waals surface area contributed by atoms with E-state index in [1.165, 1.54) is 45.4 Å². The molecule has 0 saturated heterocycles. The van der Waals surface area contributed by atoms with Crippen LogP contribution in [-0.2, 0) is 19.3 Å². The van der Waals surface area contributed by atoms with Crippen molar-refractivity contribution in [2.75, 3.05) is 5.32 Å². The van der Waals surface area contributed by atoms with Gasteiger partial charge < -0.3 is 10.2 Å². The van der Waals surface area contributed by atoms with Crippen LogP contribution in [0, 0.1) is 50.7 Å². The number of rotatable bonds is 3. The molecule has 1 amide bonds.